The highest BCUT2D eigenvalue weighted by Crippen LogP contribution is 2.41. The van der Waals surface area contributed by atoms with E-state index in [4.69, 9.17) is 18.9 Å². The maximum atomic E-state index is 13.0. The van der Waals surface area contributed by atoms with Crippen molar-refractivity contribution < 1.29 is 57.2 Å². The van der Waals surface area contributed by atoms with Crippen molar-refractivity contribution in [1.82, 2.24) is 10.6 Å². The average Bonchev–Trinajstić information content (AvgIpc) is 3.12. The summed E-state index contributed by atoms with van der Waals surface area (Å²) in [6.45, 7) is 13.7. The molecular weight excluding hydrogens is 847 g/mol. The molecule has 0 unspecified atom stereocenters. The third-order valence-corrected chi connectivity index (χ3v) is 9.71. The van der Waals surface area contributed by atoms with Crippen molar-refractivity contribution >= 4 is 78.0 Å². The zero-order valence-electron chi connectivity index (χ0n) is 32.8. The number of rotatable bonds is 8. The molecule has 0 atom stereocenters. The topological polar surface area (TPSA) is 188 Å². The Morgan fingerprint density at radius 3 is 1.55 bits per heavy atom. The number of anilines is 2. The maximum Gasteiger partial charge on any atom is 0.406 e. The molecule has 2 aliphatic rings. The molecule has 4 rings (SSSR count). The van der Waals surface area contributed by atoms with E-state index in [1.165, 1.54) is 38.2 Å². The van der Waals surface area contributed by atoms with Gasteiger partial charge in [0.05, 0.1) is 50.9 Å². The minimum atomic E-state index is -1.70. The molecule has 0 spiro atoms. The average molecular weight is 895 g/mol. The van der Waals surface area contributed by atoms with E-state index < -0.39 is 43.4 Å². The molecule has 0 saturated carbocycles. The smallest absolute Gasteiger partial charge is 0.406 e. The fourth-order valence-electron chi connectivity index (χ4n) is 5.23. The molecule has 2 N–H and O–H groups in total. The van der Waals surface area contributed by atoms with E-state index in [9.17, 15) is 28.8 Å². The maximum absolute atomic E-state index is 13.0. The summed E-state index contributed by atoms with van der Waals surface area (Å²) >= 11 is 2.01. The minimum Gasteiger partial charge on any atom is -0.476 e. The summed E-state index contributed by atoms with van der Waals surface area (Å²) in [5, 5.41) is 5.08. The largest absolute Gasteiger partial charge is 0.476 e. The Hall–Kier alpha value is -5.03. The minimum absolute atomic E-state index is 0.165. The number of benzene rings is 2. The van der Waals surface area contributed by atoms with E-state index in [-0.39, 0.29) is 43.6 Å². The first-order valence-electron chi connectivity index (χ1n) is 17.0. The van der Waals surface area contributed by atoms with Gasteiger partial charge in [-0.15, -0.1) is 5.54 Å². The van der Waals surface area contributed by atoms with Gasteiger partial charge < -0.3 is 48.9 Å². The van der Waals surface area contributed by atoms with E-state index in [2.05, 4.69) is 51.2 Å². The second kappa shape index (κ2) is 18.1. The summed E-state index contributed by atoms with van der Waals surface area (Å²) in [5.41, 5.74) is 3.02. The Bertz CT molecular complexity index is 1920. The monoisotopic (exact) mass is 894 g/mol. The fraction of sp³-hybridized carbons (Fsp3) is 0.459. The van der Waals surface area contributed by atoms with Gasteiger partial charge in [-0.25, -0.2) is 19.2 Å². The summed E-state index contributed by atoms with van der Waals surface area (Å²) in [7, 11) is 3.41. The number of nitrogens with zero attached hydrogens (tertiary/aromatic N) is 2. The normalized spacial score (nSPS) is 14.8. The number of nitrogens with one attached hydrogen (secondary N) is 2. The van der Waals surface area contributed by atoms with E-state index in [1.54, 1.807) is 52.0 Å². The van der Waals surface area contributed by atoms with E-state index in [0.717, 1.165) is 0 Å². The first-order chi connectivity index (χ1) is 25.6. The van der Waals surface area contributed by atoms with Crippen LogP contribution < -0.4 is 29.9 Å². The summed E-state index contributed by atoms with van der Waals surface area (Å²) in [6.07, 6.45) is -1.18. The number of methoxy groups -OCH3 is 4. The van der Waals surface area contributed by atoms with Crippen LogP contribution in [0, 0.1) is 15.0 Å². The molecule has 55 heavy (non-hydrogen) atoms. The summed E-state index contributed by atoms with van der Waals surface area (Å²) in [4.78, 5) is 75.6. The Morgan fingerprint density at radius 1 is 0.709 bits per heavy atom. The van der Waals surface area contributed by atoms with Gasteiger partial charge in [-0.05, 0) is 74.6 Å². The summed E-state index contributed by atoms with van der Waals surface area (Å²) in [6, 6.07) is 6.48. The van der Waals surface area contributed by atoms with E-state index >= 15 is 0 Å². The molecule has 0 saturated heterocycles. The Balaban J connectivity index is 0.000000300. The van der Waals surface area contributed by atoms with Crippen LogP contribution in [-0.4, -0.2) is 110 Å². The molecule has 4 amide bonds. The molecular formula is C37H47IN4O12Si. The number of esters is 2. The van der Waals surface area contributed by atoms with Crippen LogP contribution in [-0.2, 0) is 28.5 Å². The van der Waals surface area contributed by atoms with Gasteiger partial charge in [-0.3, -0.25) is 9.59 Å². The van der Waals surface area contributed by atoms with Crippen LogP contribution in [0.15, 0.2) is 24.3 Å². The fourth-order valence-corrected chi connectivity index (χ4v) is 6.40. The van der Waals surface area contributed by atoms with Crippen LogP contribution in [0.25, 0.3) is 0 Å². The first-order valence-corrected chi connectivity index (χ1v) is 21.6. The second-order valence-electron chi connectivity index (χ2n) is 14.1. The van der Waals surface area contributed by atoms with Crippen LogP contribution >= 0.6 is 22.6 Å². The van der Waals surface area contributed by atoms with Gasteiger partial charge in [0.15, 0.2) is 11.2 Å². The molecule has 0 fully saturated rings. The lowest BCUT2D eigenvalue weighted by Crippen LogP contribution is -2.54. The lowest BCUT2D eigenvalue weighted by Gasteiger charge is -2.39. The molecule has 0 radical (unpaired) electrons. The van der Waals surface area contributed by atoms with Crippen LogP contribution in [0.2, 0.25) is 19.6 Å². The van der Waals surface area contributed by atoms with Crippen molar-refractivity contribution in [3.63, 3.8) is 0 Å². The predicted molar refractivity (Wildman–Crippen MR) is 213 cm³/mol. The number of halogens is 1. The standard InChI is InChI=1S/C21H28N2O6Si.C16H19IN2O6/c1-21(2)19(25)23(10-9-22-20(26)28-4)16-13-15(18(24)27-3)14(12-17(16)29-21)8-11-30(5,6)7;1-16(2)14(21)19(6-5-18-15(22)24-4)11-7-9(13(20)23-3)10(17)8-12(11)25-16/h12-13H,9-10H2,1-7H3,(H,22,26);7-8H,5-6H2,1-4H3,(H,18,22). The highest BCUT2D eigenvalue weighted by atomic mass is 127. The molecule has 2 aromatic rings. The molecule has 2 aliphatic heterocycles. The van der Waals surface area contributed by atoms with Crippen molar-refractivity contribution in [3.8, 4) is 23.0 Å². The summed E-state index contributed by atoms with van der Waals surface area (Å²) in [5.74, 6) is 2.39. The van der Waals surface area contributed by atoms with Crippen LogP contribution in [0.3, 0.4) is 0 Å². The van der Waals surface area contributed by atoms with Crippen LogP contribution in [0.1, 0.15) is 54.0 Å². The molecule has 16 nitrogen and oxygen atoms in total. The van der Waals surface area contributed by atoms with Crippen molar-refractivity contribution in [2.24, 2.45) is 0 Å². The van der Waals surface area contributed by atoms with Crippen LogP contribution in [0.4, 0.5) is 21.0 Å². The third kappa shape index (κ3) is 11.0. The number of ether oxygens (including phenoxy) is 6. The Kier molecular flexibility index (Phi) is 14.6. The molecule has 2 aromatic carbocycles. The number of fused-ring (bicyclic) bond motifs is 2. The highest BCUT2D eigenvalue weighted by Gasteiger charge is 2.43. The quantitative estimate of drug-likeness (QED) is 0.124. The number of alkyl carbamates (subject to hydrolysis) is 2. The van der Waals surface area contributed by atoms with Crippen molar-refractivity contribution in [2.45, 2.75) is 58.5 Å². The van der Waals surface area contributed by atoms with Crippen molar-refractivity contribution in [1.29, 1.82) is 0 Å². The molecule has 0 aliphatic carbocycles. The first kappa shape index (κ1) is 44.4. The number of amides is 4. The zero-order valence-corrected chi connectivity index (χ0v) is 36.0. The van der Waals surface area contributed by atoms with E-state index in [0.29, 0.717) is 37.6 Å². The zero-order chi connectivity index (χ0) is 41.5. The SMILES string of the molecule is COC(=O)NCCN1C(=O)C(C)(C)Oc2cc(C#C[Si](C)(C)C)c(C(=O)OC)cc21.COC(=O)NCCN1C(=O)C(C)(C)Oc2cc(I)c(C(=O)OC)cc21. The summed E-state index contributed by atoms with van der Waals surface area (Å²) < 4.78 is 31.2. The number of hydrogen-bond donors (Lipinski definition) is 2. The Morgan fingerprint density at radius 2 is 1.13 bits per heavy atom. The molecule has 2 heterocycles. The van der Waals surface area contributed by atoms with Gasteiger partial charge in [0.2, 0.25) is 0 Å². The van der Waals surface area contributed by atoms with Gasteiger partial charge in [-0.2, -0.15) is 0 Å². The van der Waals surface area contributed by atoms with Gasteiger partial charge in [-0.1, -0.05) is 25.6 Å². The third-order valence-electron chi connectivity index (χ3n) is 7.94. The van der Waals surface area contributed by atoms with Gasteiger partial charge >= 0.3 is 24.1 Å². The molecule has 18 heteroatoms. The Labute approximate surface area is 335 Å². The van der Waals surface area contributed by atoms with Crippen molar-refractivity contribution in [2.75, 3.05) is 64.4 Å². The van der Waals surface area contributed by atoms with Crippen molar-refractivity contribution in [3.05, 3.63) is 44.5 Å². The second-order valence-corrected chi connectivity index (χ2v) is 20.0. The van der Waals surface area contributed by atoms with Gasteiger partial charge in [0, 0.05) is 35.3 Å². The van der Waals surface area contributed by atoms with E-state index in [1.807, 2.05) is 22.6 Å². The van der Waals surface area contributed by atoms with Gasteiger partial charge in [0.1, 0.15) is 19.6 Å². The molecule has 0 aromatic heterocycles. The number of hydrogen-bond acceptors (Lipinski definition) is 12. The molecule has 0 bridgehead atoms. The highest BCUT2D eigenvalue weighted by molar-refractivity contribution is 14.1. The molecule has 298 valence electrons. The number of carbonyl (C=O) groups is 6. The predicted octanol–water partition coefficient (Wildman–Crippen LogP) is 4.50. The lowest BCUT2D eigenvalue weighted by atomic mass is 10.00. The number of carbonyl (C=O) groups excluding carboxylic acids is 6. The van der Waals surface area contributed by atoms with Gasteiger partial charge in [0.25, 0.3) is 11.8 Å². The van der Waals surface area contributed by atoms with Crippen LogP contribution in [0.5, 0.6) is 11.5 Å². The lowest BCUT2D eigenvalue weighted by molar-refractivity contribution is -0.133.